The molecule has 3 heterocycles. The van der Waals surface area contributed by atoms with Gasteiger partial charge in [0.05, 0.1) is 5.69 Å². The lowest BCUT2D eigenvalue weighted by molar-refractivity contribution is 0.142. The lowest BCUT2D eigenvalue weighted by Gasteiger charge is -2.24. The van der Waals surface area contributed by atoms with E-state index in [4.69, 9.17) is 4.74 Å². The summed E-state index contributed by atoms with van der Waals surface area (Å²) in [6.07, 6.45) is 4.37. The molecule has 172 valence electrons. The first kappa shape index (κ1) is 22.8. The molecule has 2 aromatic heterocycles. The normalized spacial score (nSPS) is 15.8. The SMILES string of the molecule is Cc1ccnc(COc2cccnc2-c2ccc3c(c2)CCN(C(=O)O)CC3CC(C)C)c1. The van der Waals surface area contributed by atoms with Gasteiger partial charge < -0.3 is 14.7 Å². The number of hydrogen-bond donors (Lipinski definition) is 1. The van der Waals surface area contributed by atoms with Crippen LogP contribution in [0.1, 0.15) is 48.6 Å². The number of hydrogen-bond acceptors (Lipinski definition) is 4. The topological polar surface area (TPSA) is 75.6 Å². The van der Waals surface area contributed by atoms with Gasteiger partial charge in [-0.3, -0.25) is 9.97 Å². The first-order valence-electron chi connectivity index (χ1n) is 11.5. The van der Waals surface area contributed by atoms with Crippen molar-refractivity contribution in [3.8, 4) is 17.0 Å². The molecule has 1 amide bonds. The molecule has 4 rings (SSSR count). The van der Waals surface area contributed by atoms with Crippen LogP contribution in [0.2, 0.25) is 0 Å². The molecule has 33 heavy (non-hydrogen) atoms. The van der Waals surface area contributed by atoms with Crippen LogP contribution in [0.15, 0.2) is 54.9 Å². The van der Waals surface area contributed by atoms with Gasteiger partial charge in [0, 0.05) is 37.0 Å². The Bertz CT molecular complexity index is 1130. The summed E-state index contributed by atoms with van der Waals surface area (Å²) in [6.45, 7) is 7.82. The zero-order valence-electron chi connectivity index (χ0n) is 19.5. The lowest BCUT2D eigenvalue weighted by atomic mass is 9.86. The van der Waals surface area contributed by atoms with Gasteiger partial charge in [-0.25, -0.2) is 4.79 Å². The van der Waals surface area contributed by atoms with Crippen LogP contribution in [0.3, 0.4) is 0 Å². The van der Waals surface area contributed by atoms with E-state index in [1.165, 1.54) is 11.1 Å². The Morgan fingerprint density at radius 2 is 2.03 bits per heavy atom. The summed E-state index contributed by atoms with van der Waals surface area (Å²) in [6, 6.07) is 14.2. The number of pyridine rings is 2. The van der Waals surface area contributed by atoms with E-state index in [1.54, 1.807) is 17.3 Å². The van der Waals surface area contributed by atoms with Gasteiger partial charge in [0.15, 0.2) is 0 Å². The fraction of sp³-hybridized carbons (Fsp3) is 0.370. The largest absolute Gasteiger partial charge is 0.485 e. The second-order valence-corrected chi connectivity index (χ2v) is 9.18. The fourth-order valence-corrected chi connectivity index (χ4v) is 4.58. The summed E-state index contributed by atoms with van der Waals surface area (Å²) in [5, 5.41) is 9.63. The van der Waals surface area contributed by atoms with Crippen molar-refractivity contribution in [2.75, 3.05) is 13.1 Å². The molecule has 0 fully saturated rings. The summed E-state index contributed by atoms with van der Waals surface area (Å²) in [5.74, 6) is 1.39. The van der Waals surface area contributed by atoms with Crippen LogP contribution in [0.4, 0.5) is 4.79 Å². The summed E-state index contributed by atoms with van der Waals surface area (Å²) in [4.78, 5) is 22.3. The predicted molar refractivity (Wildman–Crippen MR) is 128 cm³/mol. The van der Waals surface area contributed by atoms with E-state index in [2.05, 4.69) is 42.0 Å². The number of amides is 1. The molecule has 0 aliphatic carbocycles. The highest BCUT2D eigenvalue weighted by Gasteiger charge is 2.27. The number of carbonyl (C=O) groups is 1. The van der Waals surface area contributed by atoms with Gasteiger partial charge in [0.25, 0.3) is 0 Å². The van der Waals surface area contributed by atoms with Crippen molar-refractivity contribution >= 4 is 6.09 Å². The molecule has 1 unspecified atom stereocenters. The van der Waals surface area contributed by atoms with E-state index in [1.807, 2.05) is 31.2 Å². The average Bonchev–Trinajstić information content (AvgIpc) is 2.97. The smallest absolute Gasteiger partial charge is 0.407 e. The van der Waals surface area contributed by atoms with Crippen LogP contribution in [0.5, 0.6) is 5.75 Å². The first-order valence-corrected chi connectivity index (χ1v) is 11.5. The van der Waals surface area contributed by atoms with Crippen molar-refractivity contribution in [1.82, 2.24) is 14.9 Å². The molecular weight excluding hydrogens is 414 g/mol. The van der Waals surface area contributed by atoms with Gasteiger partial charge in [-0.1, -0.05) is 26.0 Å². The molecular formula is C27H31N3O3. The third-order valence-electron chi connectivity index (χ3n) is 6.09. The highest BCUT2D eigenvalue weighted by atomic mass is 16.5. The Hall–Kier alpha value is -3.41. The minimum Gasteiger partial charge on any atom is -0.485 e. The number of aryl methyl sites for hydroxylation is 1. The van der Waals surface area contributed by atoms with E-state index < -0.39 is 6.09 Å². The molecule has 1 aromatic carbocycles. The molecule has 1 N–H and O–H groups in total. The van der Waals surface area contributed by atoms with E-state index >= 15 is 0 Å². The van der Waals surface area contributed by atoms with Crippen molar-refractivity contribution in [3.05, 3.63) is 77.2 Å². The number of nitrogens with zero attached hydrogens (tertiary/aromatic N) is 3. The van der Waals surface area contributed by atoms with Crippen molar-refractivity contribution in [3.63, 3.8) is 0 Å². The number of benzene rings is 1. The van der Waals surface area contributed by atoms with Crippen molar-refractivity contribution in [2.45, 2.75) is 46.1 Å². The highest BCUT2D eigenvalue weighted by molar-refractivity contribution is 5.68. The summed E-state index contributed by atoms with van der Waals surface area (Å²) in [5.41, 5.74) is 6.22. The highest BCUT2D eigenvalue weighted by Crippen LogP contribution is 2.35. The van der Waals surface area contributed by atoms with Gasteiger partial charge in [-0.2, -0.15) is 0 Å². The summed E-state index contributed by atoms with van der Waals surface area (Å²) >= 11 is 0. The molecule has 6 heteroatoms. The minimum absolute atomic E-state index is 0.194. The maximum absolute atomic E-state index is 11.7. The Kier molecular flexibility index (Phi) is 6.92. The monoisotopic (exact) mass is 445 g/mol. The molecule has 0 spiro atoms. The maximum atomic E-state index is 11.7. The van der Waals surface area contributed by atoms with E-state index in [0.717, 1.165) is 28.9 Å². The van der Waals surface area contributed by atoms with E-state index in [0.29, 0.717) is 37.8 Å². The number of fused-ring (bicyclic) bond motifs is 1. The predicted octanol–water partition coefficient (Wildman–Crippen LogP) is 5.70. The molecule has 1 atom stereocenters. The van der Waals surface area contributed by atoms with Gasteiger partial charge >= 0.3 is 6.09 Å². The van der Waals surface area contributed by atoms with Crippen LogP contribution < -0.4 is 4.74 Å². The van der Waals surface area contributed by atoms with Crippen LogP contribution in [-0.4, -0.2) is 39.2 Å². The van der Waals surface area contributed by atoms with Crippen LogP contribution >= 0.6 is 0 Å². The molecule has 6 nitrogen and oxygen atoms in total. The van der Waals surface area contributed by atoms with Crippen molar-refractivity contribution in [1.29, 1.82) is 0 Å². The third kappa shape index (κ3) is 5.51. The average molecular weight is 446 g/mol. The minimum atomic E-state index is -0.845. The first-order chi connectivity index (χ1) is 15.9. The number of rotatable bonds is 6. The Morgan fingerprint density at radius 3 is 2.79 bits per heavy atom. The molecule has 0 saturated heterocycles. The maximum Gasteiger partial charge on any atom is 0.407 e. The molecule has 0 radical (unpaired) electrons. The molecule has 0 saturated carbocycles. The second-order valence-electron chi connectivity index (χ2n) is 9.18. The number of carboxylic acid groups (broad SMARTS) is 1. The Balaban J connectivity index is 1.63. The Labute approximate surface area is 195 Å². The second kappa shape index (κ2) is 10.0. The quantitative estimate of drug-likeness (QED) is 0.527. The number of aromatic nitrogens is 2. The molecule has 3 aromatic rings. The molecule has 1 aliphatic rings. The van der Waals surface area contributed by atoms with Crippen LogP contribution in [0.25, 0.3) is 11.3 Å². The van der Waals surface area contributed by atoms with Gasteiger partial charge in [0.2, 0.25) is 0 Å². The van der Waals surface area contributed by atoms with E-state index in [-0.39, 0.29) is 5.92 Å². The van der Waals surface area contributed by atoms with Crippen molar-refractivity contribution in [2.24, 2.45) is 5.92 Å². The van der Waals surface area contributed by atoms with Crippen LogP contribution in [-0.2, 0) is 13.0 Å². The lowest BCUT2D eigenvalue weighted by Crippen LogP contribution is -2.33. The Morgan fingerprint density at radius 1 is 1.18 bits per heavy atom. The van der Waals surface area contributed by atoms with Gasteiger partial charge in [-0.15, -0.1) is 0 Å². The van der Waals surface area contributed by atoms with Gasteiger partial charge in [-0.05, 0) is 72.7 Å². The molecule has 0 bridgehead atoms. The fourth-order valence-electron chi connectivity index (χ4n) is 4.58. The van der Waals surface area contributed by atoms with Crippen molar-refractivity contribution < 1.29 is 14.6 Å². The number of ether oxygens (including phenoxy) is 1. The zero-order valence-corrected chi connectivity index (χ0v) is 19.5. The van der Waals surface area contributed by atoms with Gasteiger partial charge in [0.1, 0.15) is 18.1 Å². The van der Waals surface area contributed by atoms with Crippen LogP contribution in [0, 0.1) is 12.8 Å². The third-order valence-corrected chi connectivity index (χ3v) is 6.09. The standard InChI is InChI=1S/C27H31N3O3/c1-18(2)13-22-16-30(27(31)32)12-9-20-15-21(6-7-24(20)22)26-25(5-4-10-29-26)33-17-23-14-19(3)8-11-28-23/h4-8,10-11,14-15,18,22H,9,12-13,16-17H2,1-3H3,(H,31,32). The summed E-state index contributed by atoms with van der Waals surface area (Å²) in [7, 11) is 0. The summed E-state index contributed by atoms with van der Waals surface area (Å²) < 4.78 is 6.11. The molecule has 1 aliphatic heterocycles. The zero-order chi connectivity index (χ0) is 23.4. The van der Waals surface area contributed by atoms with E-state index in [9.17, 15) is 9.90 Å².